The molecule has 0 saturated carbocycles. The molecule has 5 nitrogen and oxygen atoms in total. The van der Waals surface area contributed by atoms with Crippen LogP contribution in [0.25, 0.3) is 5.76 Å². The van der Waals surface area contributed by atoms with E-state index >= 15 is 0 Å². The van der Waals surface area contributed by atoms with E-state index in [2.05, 4.69) is 0 Å². The maximum atomic E-state index is 13.3. The minimum absolute atomic E-state index is 0.0376. The number of carbonyl (C=O) groups is 2. The Kier molecular flexibility index (Phi) is 6.19. The largest absolute Gasteiger partial charge is 0.507 e. The molecule has 0 bridgehead atoms. The van der Waals surface area contributed by atoms with E-state index in [9.17, 15) is 14.7 Å². The Morgan fingerprint density at radius 1 is 0.939 bits per heavy atom. The number of ketones is 1. The molecule has 1 amide bonds. The minimum Gasteiger partial charge on any atom is -0.507 e. The molecule has 1 saturated heterocycles. The quantitative estimate of drug-likeness (QED) is 0.271. The van der Waals surface area contributed by atoms with Gasteiger partial charge in [-0.3, -0.25) is 14.5 Å². The van der Waals surface area contributed by atoms with E-state index in [0.29, 0.717) is 11.3 Å². The summed E-state index contributed by atoms with van der Waals surface area (Å²) in [6.07, 6.45) is 0. The summed E-state index contributed by atoms with van der Waals surface area (Å²) in [5.74, 6) is -1.62. The van der Waals surface area contributed by atoms with Crippen molar-refractivity contribution in [3.63, 3.8) is 0 Å². The highest BCUT2D eigenvalue weighted by molar-refractivity contribution is 6.51. The third-order valence-electron chi connectivity index (χ3n) is 5.56. The lowest BCUT2D eigenvalue weighted by Gasteiger charge is -2.26. The molecule has 1 atom stereocenters. The fraction of sp³-hybridized carbons (Fsp3) is 0.154. The van der Waals surface area contributed by atoms with Crippen LogP contribution in [-0.4, -0.2) is 23.9 Å². The first kappa shape index (κ1) is 22.9. The van der Waals surface area contributed by atoms with Crippen LogP contribution in [0.15, 0.2) is 66.2 Å². The normalized spacial score (nSPS) is 17.5. The van der Waals surface area contributed by atoms with Crippen LogP contribution in [-0.2, 0) is 9.59 Å². The van der Waals surface area contributed by atoms with Gasteiger partial charge in [-0.25, -0.2) is 0 Å². The molecule has 0 spiro atoms. The highest BCUT2D eigenvalue weighted by Gasteiger charge is 2.47. The number of ether oxygens (including phenoxy) is 1. The SMILES string of the molecule is COc1c(Cl)cc(/C(O)=C2\C(=O)C(=O)N(c3cccc(C)c3)C2c2cccc(C)c2)cc1Cl. The van der Waals surface area contributed by atoms with Crippen LogP contribution in [0.3, 0.4) is 0 Å². The zero-order valence-corrected chi connectivity index (χ0v) is 19.7. The summed E-state index contributed by atoms with van der Waals surface area (Å²) in [6, 6.07) is 16.9. The van der Waals surface area contributed by atoms with Crippen LogP contribution in [0.4, 0.5) is 5.69 Å². The number of rotatable bonds is 4. The van der Waals surface area contributed by atoms with Gasteiger partial charge in [0.15, 0.2) is 5.75 Å². The molecule has 3 aromatic carbocycles. The molecule has 168 valence electrons. The molecule has 1 unspecified atom stereocenters. The first-order chi connectivity index (χ1) is 15.7. The van der Waals surface area contributed by atoms with Crippen molar-refractivity contribution < 1.29 is 19.4 Å². The Bertz CT molecular complexity index is 1290. The molecule has 1 aliphatic heterocycles. The van der Waals surface area contributed by atoms with Crippen LogP contribution in [0.1, 0.15) is 28.3 Å². The van der Waals surface area contributed by atoms with E-state index in [4.69, 9.17) is 27.9 Å². The van der Waals surface area contributed by atoms with Crippen molar-refractivity contribution in [3.8, 4) is 5.75 Å². The fourth-order valence-corrected chi connectivity index (χ4v) is 4.72. The number of aliphatic hydroxyl groups is 1. The smallest absolute Gasteiger partial charge is 0.300 e. The van der Waals surface area contributed by atoms with E-state index in [1.807, 2.05) is 56.3 Å². The van der Waals surface area contributed by atoms with Gasteiger partial charge in [0.05, 0.1) is 28.8 Å². The summed E-state index contributed by atoms with van der Waals surface area (Å²) >= 11 is 12.5. The lowest BCUT2D eigenvalue weighted by Crippen LogP contribution is -2.29. The number of Topliss-reactive ketones (excluding diaryl/α,β-unsaturated/α-hetero) is 1. The Hall–Kier alpha value is -3.28. The fourth-order valence-electron chi connectivity index (χ4n) is 4.08. The van der Waals surface area contributed by atoms with E-state index in [-0.39, 0.29) is 32.7 Å². The number of aliphatic hydroxyl groups excluding tert-OH is 1. The van der Waals surface area contributed by atoms with Crippen LogP contribution in [0.2, 0.25) is 10.0 Å². The summed E-state index contributed by atoms with van der Waals surface area (Å²) in [6.45, 7) is 3.83. The van der Waals surface area contributed by atoms with Crippen LogP contribution >= 0.6 is 23.2 Å². The monoisotopic (exact) mass is 481 g/mol. The van der Waals surface area contributed by atoms with Crippen molar-refractivity contribution >= 4 is 46.3 Å². The zero-order valence-electron chi connectivity index (χ0n) is 18.2. The molecular formula is C26H21Cl2NO4. The first-order valence-corrected chi connectivity index (χ1v) is 11.0. The predicted octanol–water partition coefficient (Wildman–Crippen LogP) is 6.25. The van der Waals surface area contributed by atoms with E-state index in [1.54, 1.807) is 6.07 Å². The van der Waals surface area contributed by atoms with E-state index in [1.165, 1.54) is 24.1 Å². The minimum atomic E-state index is -0.827. The number of halogens is 2. The van der Waals surface area contributed by atoms with Gasteiger partial charge in [0, 0.05) is 11.3 Å². The molecule has 0 radical (unpaired) electrons. The average molecular weight is 482 g/mol. The summed E-state index contributed by atoms with van der Waals surface area (Å²) in [5, 5.41) is 11.6. The maximum Gasteiger partial charge on any atom is 0.300 e. The van der Waals surface area contributed by atoms with Crippen LogP contribution in [0, 0.1) is 13.8 Å². The number of hydrogen-bond acceptors (Lipinski definition) is 4. The first-order valence-electron chi connectivity index (χ1n) is 10.2. The van der Waals surface area contributed by atoms with Gasteiger partial charge in [-0.15, -0.1) is 0 Å². The number of hydrogen-bond donors (Lipinski definition) is 1. The molecular weight excluding hydrogens is 461 g/mol. The topological polar surface area (TPSA) is 66.8 Å². The van der Waals surface area contributed by atoms with Gasteiger partial charge in [-0.05, 0) is 49.2 Å². The Labute approximate surface area is 201 Å². The van der Waals surface area contributed by atoms with Crippen molar-refractivity contribution in [2.45, 2.75) is 19.9 Å². The molecule has 0 aromatic heterocycles. The lowest BCUT2D eigenvalue weighted by molar-refractivity contribution is -0.132. The zero-order chi connectivity index (χ0) is 23.9. The lowest BCUT2D eigenvalue weighted by atomic mass is 9.94. The van der Waals surface area contributed by atoms with Gasteiger partial charge >= 0.3 is 0 Å². The second-order valence-electron chi connectivity index (χ2n) is 7.90. The van der Waals surface area contributed by atoms with Crippen molar-refractivity contribution in [3.05, 3.63) is 98.5 Å². The molecule has 1 heterocycles. The van der Waals surface area contributed by atoms with Crippen molar-refractivity contribution in [2.75, 3.05) is 12.0 Å². The van der Waals surface area contributed by atoms with Gasteiger partial charge in [0.2, 0.25) is 0 Å². The van der Waals surface area contributed by atoms with Crippen LogP contribution in [0.5, 0.6) is 5.75 Å². The van der Waals surface area contributed by atoms with E-state index in [0.717, 1.165) is 11.1 Å². The highest BCUT2D eigenvalue weighted by Crippen LogP contribution is 2.44. The van der Waals surface area contributed by atoms with Gasteiger partial charge in [-0.1, -0.05) is 65.2 Å². The average Bonchev–Trinajstić information content (AvgIpc) is 3.03. The molecule has 1 fully saturated rings. The van der Waals surface area contributed by atoms with Crippen molar-refractivity contribution in [2.24, 2.45) is 0 Å². The van der Waals surface area contributed by atoms with Gasteiger partial charge in [0.25, 0.3) is 11.7 Å². The molecule has 33 heavy (non-hydrogen) atoms. The molecule has 0 aliphatic carbocycles. The maximum absolute atomic E-state index is 13.3. The summed E-state index contributed by atoms with van der Waals surface area (Å²) in [5.41, 5.74) is 3.33. The van der Waals surface area contributed by atoms with Gasteiger partial charge in [-0.2, -0.15) is 0 Å². The number of anilines is 1. The van der Waals surface area contributed by atoms with Gasteiger partial charge in [0.1, 0.15) is 5.76 Å². The Morgan fingerprint density at radius 2 is 1.55 bits per heavy atom. The number of benzene rings is 3. The standard InChI is InChI=1S/C26H21Cl2NO4/c1-14-6-4-8-16(10-14)22-21(23(30)17-12-19(27)25(33-3)20(28)13-17)24(31)26(32)29(22)18-9-5-7-15(2)11-18/h4-13,22,30H,1-3H3/b23-21+. The Morgan fingerprint density at radius 3 is 2.12 bits per heavy atom. The summed E-state index contributed by atoms with van der Waals surface area (Å²) in [4.78, 5) is 27.9. The predicted molar refractivity (Wildman–Crippen MR) is 130 cm³/mol. The van der Waals surface area contributed by atoms with Gasteiger partial charge < -0.3 is 9.84 Å². The number of carbonyl (C=O) groups excluding carboxylic acids is 2. The second kappa shape index (κ2) is 8.93. The Balaban J connectivity index is 1.98. The molecule has 1 aliphatic rings. The molecule has 4 rings (SSSR count). The van der Waals surface area contributed by atoms with Crippen LogP contribution < -0.4 is 9.64 Å². The third-order valence-corrected chi connectivity index (χ3v) is 6.12. The summed E-state index contributed by atoms with van der Waals surface area (Å²) in [7, 11) is 1.43. The number of nitrogens with zero attached hydrogens (tertiary/aromatic N) is 1. The van der Waals surface area contributed by atoms with Crippen molar-refractivity contribution in [1.29, 1.82) is 0 Å². The third kappa shape index (κ3) is 4.10. The van der Waals surface area contributed by atoms with Crippen molar-refractivity contribution in [1.82, 2.24) is 0 Å². The molecule has 7 heteroatoms. The number of amides is 1. The van der Waals surface area contributed by atoms with E-state index < -0.39 is 17.7 Å². The summed E-state index contributed by atoms with van der Waals surface area (Å²) < 4.78 is 5.17. The number of methoxy groups -OCH3 is 1. The second-order valence-corrected chi connectivity index (χ2v) is 8.71. The highest BCUT2D eigenvalue weighted by atomic mass is 35.5. The number of aryl methyl sites for hydroxylation is 2. The molecule has 1 N–H and O–H groups in total. The molecule has 3 aromatic rings.